The van der Waals surface area contributed by atoms with E-state index in [1.54, 1.807) is 6.07 Å². The first-order valence-corrected chi connectivity index (χ1v) is 8.63. The van der Waals surface area contributed by atoms with Crippen molar-refractivity contribution in [2.75, 3.05) is 32.6 Å². The van der Waals surface area contributed by atoms with Gasteiger partial charge >= 0.3 is 11.9 Å². The molecule has 1 aliphatic rings. The Labute approximate surface area is 153 Å². The molecule has 1 aromatic carbocycles. The Morgan fingerprint density at radius 3 is 2.28 bits per heavy atom. The molecule has 1 aromatic rings. The maximum Gasteiger partial charge on any atom is 0.339 e. The number of hydrogen-bond donors (Lipinski definition) is 1. The number of nitrogens with zero attached hydrogens (tertiary/aromatic N) is 1. The van der Waals surface area contributed by atoms with Crippen LogP contribution in [0.4, 0.5) is 5.69 Å². The number of ether oxygens (including phenoxy) is 2. The van der Waals surface area contributed by atoms with E-state index in [-0.39, 0.29) is 0 Å². The fourth-order valence-corrected chi connectivity index (χ4v) is 3.46. The second-order valence-corrected chi connectivity index (χ2v) is 6.91. The van der Waals surface area contributed by atoms with Gasteiger partial charge in [-0.05, 0) is 48.7 Å². The van der Waals surface area contributed by atoms with E-state index >= 15 is 0 Å². The van der Waals surface area contributed by atoms with Gasteiger partial charge < -0.3 is 19.7 Å². The first kappa shape index (κ1) is 19.2. The summed E-state index contributed by atoms with van der Waals surface area (Å²) >= 11 is 5.53. The Balaban J connectivity index is 2.27. The first-order valence-electron chi connectivity index (χ1n) is 8.22. The summed E-state index contributed by atoms with van der Waals surface area (Å²) in [4.78, 5) is 25.9. The van der Waals surface area contributed by atoms with Crippen LogP contribution in [0.2, 0.25) is 0 Å². The lowest BCUT2D eigenvalue weighted by Gasteiger charge is -2.36. The monoisotopic (exact) mass is 364 g/mol. The zero-order valence-electron chi connectivity index (χ0n) is 15.0. The smallest absolute Gasteiger partial charge is 0.339 e. The summed E-state index contributed by atoms with van der Waals surface area (Å²) in [7, 11) is 2.62. The minimum Gasteiger partial charge on any atom is -0.465 e. The van der Waals surface area contributed by atoms with Crippen molar-refractivity contribution in [2.24, 2.45) is 11.8 Å². The van der Waals surface area contributed by atoms with Crippen LogP contribution in [0.3, 0.4) is 0 Å². The molecule has 0 saturated carbocycles. The summed E-state index contributed by atoms with van der Waals surface area (Å²) in [6, 6.07) is 4.61. The molecular weight excluding hydrogens is 340 g/mol. The quantitative estimate of drug-likeness (QED) is 0.653. The van der Waals surface area contributed by atoms with Gasteiger partial charge in [0.2, 0.25) is 0 Å². The molecule has 0 aromatic heterocycles. The molecule has 0 amide bonds. The van der Waals surface area contributed by atoms with Gasteiger partial charge in [-0.2, -0.15) is 0 Å². The molecule has 1 aliphatic heterocycles. The average molecular weight is 364 g/mol. The summed E-state index contributed by atoms with van der Waals surface area (Å²) in [6.07, 6.45) is 1.17. The van der Waals surface area contributed by atoms with Crippen molar-refractivity contribution in [1.29, 1.82) is 0 Å². The highest BCUT2D eigenvalue weighted by Crippen LogP contribution is 2.24. The number of nitrogens with one attached hydrogen (secondary N) is 1. The highest BCUT2D eigenvalue weighted by Gasteiger charge is 2.24. The summed E-state index contributed by atoms with van der Waals surface area (Å²) in [5.41, 5.74) is 1.09. The van der Waals surface area contributed by atoms with E-state index < -0.39 is 11.9 Å². The van der Waals surface area contributed by atoms with Crippen LogP contribution < -0.4 is 5.32 Å². The summed E-state index contributed by atoms with van der Waals surface area (Å²) in [5, 5.41) is 3.64. The SMILES string of the molecule is COC(=O)c1ccc(C(=O)OC)c(NC(=S)N2CC(C)CC(C)C2)c1. The predicted molar refractivity (Wildman–Crippen MR) is 99.9 cm³/mol. The number of methoxy groups -OCH3 is 2. The van der Waals surface area contributed by atoms with Crippen LogP contribution in [0.25, 0.3) is 0 Å². The maximum atomic E-state index is 12.0. The Hall–Kier alpha value is -2.15. The van der Waals surface area contributed by atoms with E-state index in [4.69, 9.17) is 21.7 Å². The lowest BCUT2D eigenvalue weighted by Crippen LogP contribution is -2.44. The fourth-order valence-electron chi connectivity index (χ4n) is 3.20. The number of rotatable bonds is 3. The van der Waals surface area contributed by atoms with E-state index in [9.17, 15) is 9.59 Å². The number of likely N-dealkylation sites (tertiary alicyclic amines) is 1. The minimum absolute atomic E-state index is 0.315. The van der Waals surface area contributed by atoms with Gasteiger partial charge in [0.15, 0.2) is 5.11 Å². The molecule has 2 unspecified atom stereocenters. The van der Waals surface area contributed by atoms with Crippen LogP contribution >= 0.6 is 12.2 Å². The molecule has 0 radical (unpaired) electrons. The normalized spacial score (nSPS) is 19.9. The molecule has 1 fully saturated rings. The predicted octanol–water partition coefficient (Wildman–Crippen LogP) is 2.93. The molecule has 0 spiro atoms. The zero-order chi connectivity index (χ0) is 18.6. The lowest BCUT2D eigenvalue weighted by atomic mass is 9.92. The van der Waals surface area contributed by atoms with Gasteiger partial charge in [-0.15, -0.1) is 0 Å². The first-order chi connectivity index (χ1) is 11.8. The van der Waals surface area contributed by atoms with Crippen molar-refractivity contribution in [1.82, 2.24) is 4.90 Å². The molecule has 136 valence electrons. The Kier molecular flexibility index (Phi) is 6.36. The van der Waals surface area contributed by atoms with Crippen LogP contribution in [-0.4, -0.2) is 49.3 Å². The summed E-state index contributed by atoms with van der Waals surface area (Å²) in [6.45, 7) is 6.12. The third kappa shape index (κ3) is 4.69. The molecule has 1 saturated heterocycles. The van der Waals surface area contributed by atoms with Gasteiger partial charge in [0.05, 0.1) is 31.0 Å². The van der Waals surface area contributed by atoms with Gasteiger partial charge in [0.25, 0.3) is 0 Å². The van der Waals surface area contributed by atoms with Gasteiger partial charge in [0, 0.05) is 13.1 Å². The van der Waals surface area contributed by atoms with Crippen molar-refractivity contribution in [3.63, 3.8) is 0 Å². The number of thiocarbonyl (C=S) groups is 1. The molecular formula is C18H24N2O4S. The number of carbonyl (C=O) groups excluding carboxylic acids is 2. The van der Waals surface area contributed by atoms with Gasteiger partial charge in [-0.3, -0.25) is 0 Å². The zero-order valence-corrected chi connectivity index (χ0v) is 15.8. The number of esters is 2. The molecule has 2 atom stereocenters. The van der Waals surface area contributed by atoms with Gasteiger partial charge in [-0.25, -0.2) is 9.59 Å². The topological polar surface area (TPSA) is 67.9 Å². The molecule has 0 bridgehead atoms. The molecule has 2 rings (SSSR count). The van der Waals surface area contributed by atoms with Crippen molar-refractivity contribution in [2.45, 2.75) is 20.3 Å². The third-order valence-electron chi connectivity index (χ3n) is 4.24. The van der Waals surface area contributed by atoms with Gasteiger partial charge in [-0.1, -0.05) is 13.8 Å². The molecule has 25 heavy (non-hydrogen) atoms. The molecule has 7 heteroatoms. The van der Waals surface area contributed by atoms with E-state index in [0.717, 1.165) is 13.1 Å². The lowest BCUT2D eigenvalue weighted by molar-refractivity contribution is 0.0587. The standard InChI is InChI=1S/C18H24N2O4S/c1-11-7-12(2)10-20(9-11)18(25)19-15-8-13(16(21)23-3)5-6-14(15)17(22)24-4/h5-6,8,11-12H,7,9-10H2,1-4H3,(H,19,25). The van der Waals surface area contributed by atoms with Crippen LogP contribution in [0.1, 0.15) is 41.0 Å². The Morgan fingerprint density at radius 2 is 1.72 bits per heavy atom. The molecule has 0 aliphatic carbocycles. The number of carbonyl (C=O) groups is 2. The highest BCUT2D eigenvalue weighted by atomic mass is 32.1. The van der Waals surface area contributed by atoms with E-state index in [1.807, 2.05) is 0 Å². The highest BCUT2D eigenvalue weighted by molar-refractivity contribution is 7.80. The Bertz CT molecular complexity index is 667. The van der Waals surface area contributed by atoms with E-state index in [1.165, 1.54) is 32.8 Å². The van der Waals surface area contributed by atoms with Crippen LogP contribution in [-0.2, 0) is 9.47 Å². The van der Waals surface area contributed by atoms with Crippen molar-refractivity contribution in [3.8, 4) is 0 Å². The molecule has 6 nitrogen and oxygen atoms in total. The fraction of sp³-hybridized carbons (Fsp3) is 0.500. The summed E-state index contributed by atoms with van der Waals surface area (Å²) in [5.74, 6) is 0.114. The van der Waals surface area contributed by atoms with Crippen LogP contribution in [0.5, 0.6) is 0 Å². The second-order valence-electron chi connectivity index (χ2n) is 6.52. The Morgan fingerprint density at radius 1 is 1.12 bits per heavy atom. The maximum absolute atomic E-state index is 12.0. The third-order valence-corrected chi connectivity index (χ3v) is 4.60. The summed E-state index contributed by atoms with van der Waals surface area (Å²) < 4.78 is 9.55. The number of hydrogen-bond acceptors (Lipinski definition) is 5. The van der Waals surface area contributed by atoms with E-state index in [2.05, 4.69) is 24.1 Å². The van der Waals surface area contributed by atoms with Crippen LogP contribution in [0, 0.1) is 11.8 Å². The largest absolute Gasteiger partial charge is 0.465 e. The second kappa shape index (κ2) is 8.29. The van der Waals surface area contributed by atoms with Crippen molar-refractivity contribution < 1.29 is 19.1 Å². The minimum atomic E-state index is -0.498. The van der Waals surface area contributed by atoms with E-state index in [0.29, 0.717) is 33.8 Å². The number of anilines is 1. The molecule has 1 heterocycles. The van der Waals surface area contributed by atoms with Crippen LogP contribution in [0.15, 0.2) is 18.2 Å². The van der Waals surface area contributed by atoms with Crippen molar-refractivity contribution in [3.05, 3.63) is 29.3 Å². The average Bonchev–Trinajstić information content (AvgIpc) is 2.59. The number of piperidine rings is 1. The number of benzene rings is 1. The molecule has 1 N–H and O–H groups in total. The van der Waals surface area contributed by atoms with Crippen molar-refractivity contribution >= 4 is 35.0 Å². The van der Waals surface area contributed by atoms with Gasteiger partial charge in [0.1, 0.15) is 0 Å².